The molecule has 398 valence electrons. The highest BCUT2D eigenvalue weighted by atomic mass is 16.7. The van der Waals surface area contributed by atoms with Crippen LogP contribution in [0.3, 0.4) is 0 Å². The van der Waals surface area contributed by atoms with Crippen molar-refractivity contribution in [3.8, 4) is 0 Å². The van der Waals surface area contributed by atoms with Crippen LogP contribution in [0.2, 0.25) is 0 Å². The zero-order valence-electron chi connectivity index (χ0n) is 40.2. The summed E-state index contributed by atoms with van der Waals surface area (Å²) in [4.78, 5) is 35.2. The van der Waals surface area contributed by atoms with Gasteiger partial charge in [-0.1, -0.05) is 26.2 Å². The molecule has 3 rings (SSSR count). The SMILES string of the molecule is CC(=O)NC1[C@H](OCCCCCOCC(C)(COCCCCCC[C@@H]2OC(CO)[C@H](O)[C@H](O)C2NC(C)=O)COCCCCCO[C@@H]2OC(CO)[C@H](O)[C@H](O)C2NC(C)=O)OC(CO)[C@H](O)[C@@H]1O. The van der Waals surface area contributed by atoms with Gasteiger partial charge in [0.15, 0.2) is 12.6 Å². The number of hydrogen-bond donors (Lipinski definition) is 12. The highest BCUT2D eigenvalue weighted by molar-refractivity contribution is 5.74. The summed E-state index contributed by atoms with van der Waals surface area (Å²) in [6.07, 6.45) is -6.09. The molecule has 3 fully saturated rings. The summed E-state index contributed by atoms with van der Waals surface area (Å²) in [5, 5.41) is 98.8. The average molecular weight is 986 g/mol. The standard InChI is InChI=1S/C45H83N3O20/c1-27(52)46-34-30(66-31(21-49)37(55)40(34)58)15-9-5-6-10-16-61-24-45(4,25-62-17-11-7-13-19-64-43-35(47-28(2)53)41(59)38(56)32(22-50)67-43)26-63-18-12-8-14-20-65-44-36(48-29(3)54)42(60)39(57)33(23-51)68-44/h30-44,49-51,55-60H,5-26H2,1-4H3,(H,46,52)(H,47,53)(H,48,54)/t30-,31?,32?,33?,34?,35?,36?,37-,38-,39-,40+,41+,42+,43+,44+,45?/m0/s1. The molecule has 68 heavy (non-hydrogen) atoms. The minimum Gasteiger partial charge on any atom is -0.394 e. The molecule has 0 aromatic rings. The topological polar surface area (TPSA) is 343 Å². The molecule has 3 saturated heterocycles. The molecule has 0 spiro atoms. The van der Waals surface area contributed by atoms with Crippen molar-refractivity contribution in [1.82, 2.24) is 16.0 Å². The van der Waals surface area contributed by atoms with Gasteiger partial charge in [-0.2, -0.15) is 0 Å². The minimum atomic E-state index is -1.39. The molecule has 6 unspecified atom stereocenters. The van der Waals surface area contributed by atoms with E-state index in [2.05, 4.69) is 16.0 Å². The van der Waals surface area contributed by atoms with Gasteiger partial charge in [0.25, 0.3) is 0 Å². The fourth-order valence-electron chi connectivity index (χ4n) is 8.43. The molecule has 12 N–H and O–H groups in total. The first-order valence-corrected chi connectivity index (χ1v) is 24.1. The summed E-state index contributed by atoms with van der Waals surface area (Å²) >= 11 is 0. The molecule has 0 aromatic heterocycles. The van der Waals surface area contributed by atoms with E-state index in [1.807, 2.05) is 6.92 Å². The molecule has 3 aliphatic rings. The second-order valence-electron chi connectivity index (χ2n) is 18.5. The van der Waals surface area contributed by atoms with Crippen molar-refractivity contribution in [2.75, 3.05) is 72.7 Å². The Bertz CT molecular complexity index is 1260. The van der Waals surface area contributed by atoms with Gasteiger partial charge in [-0.25, -0.2) is 0 Å². The first-order chi connectivity index (χ1) is 32.5. The number of nitrogens with one attached hydrogen (secondary N) is 3. The van der Waals surface area contributed by atoms with Crippen molar-refractivity contribution >= 4 is 17.7 Å². The van der Waals surface area contributed by atoms with E-state index in [9.17, 15) is 60.3 Å². The Hall–Kier alpha value is -2.27. The van der Waals surface area contributed by atoms with Crippen LogP contribution in [-0.4, -0.2) is 228 Å². The highest BCUT2D eigenvalue weighted by Crippen LogP contribution is 2.27. The maximum Gasteiger partial charge on any atom is 0.217 e. The molecule has 3 aliphatic heterocycles. The monoisotopic (exact) mass is 986 g/mol. The molecule has 3 heterocycles. The van der Waals surface area contributed by atoms with Gasteiger partial charge in [0.1, 0.15) is 67.0 Å². The van der Waals surface area contributed by atoms with E-state index < -0.39 is 129 Å². The number of carbonyl (C=O) groups excluding carboxylic acids is 3. The van der Waals surface area contributed by atoms with E-state index >= 15 is 0 Å². The molecular weight excluding hydrogens is 902 g/mol. The Labute approximate surface area is 399 Å². The molecule has 23 heteroatoms. The predicted octanol–water partition coefficient (Wildman–Crippen LogP) is -2.76. The quantitative estimate of drug-likeness (QED) is 0.0296. The summed E-state index contributed by atoms with van der Waals surface area (Å²) in [7, 11) is 0. The highest BCUT2D eigenvalue weighted by Gasteiger charge is 2.47. The number of hydrogen-bond acceptors (Lipinski definition) is 20. The molecule has 15 atom stereocenters. The molecule has 0 aromatic carbocycles. The van der Waals surface area contributed by atoms with Crippen LogP contribution >= 0.6 is 0 Å². The third-order valence-corrected chi connectivity index (χ3v) is 12.2. The third-order valence-electron chi connectivity index (χ3n) is 12.2. The molecule has 23 nitrogen and oxygen atoms in total. The van der Waals surface area contributed by atoms with Gasteiger partial charge >= 0.3 is 0 Å². The van der Waals surface area contributed by atoms with E-state index in [0.29, 0.717) is 71.7 Å². The van der Waals surface area contributed by atoms with E-state index in [1.165, 1.54) is 20.8 Å². The second kappa shape index (κ2) is 31.9. The first-order valence-electron chi connectivity index (χ1n) is 24.1. The van der Waals surface area contributed by atoms with Gasteiger partial charge in [0, 0.05) is 59.2 Å². The number of ether oxygens (including phenoxy) is 8. The molecule has 0 radical (unpaired) electrons. The van der Waals surface area contributed by atoms with Crippen LogP contribution in [0.1, 0.15) is 98.3 Å². The van der Waals surface area contributed by atoms with Crippen LogP contribution in [-0.2, 0) is 52.3 Å². The summed E-state index contributed by atoms with van der Waals surface area (Å²) in [5.41, 5.74) is -0.491. The van der Waals surface area contributed by atoms with Crippen molar-refractivity contribution in [3.05, 3.63) is 0 Å². The van der Waals surface area contributed by atoms with Crippen LogP contribution in [0, 0.1) is 5.41 Å². The van der Waals surface area contributed by atoms with Crippen molar-refractivity contribution in [1.29, 1.82) is 0 Å². The Morgan fingerprint density at radius 1 is 0.441 bits per heavy atom. The summed E-state index contributed by atoms with van der Waals surface area (Å²) in [6, 6.07) is -2.81. The van der Waals surface area contributed by atoms with E-state index in [1.54, 1.807) is 0 Å². The van der Waals surface area contributed by atoms with Gasteiger partial charge in [-0.15, -0.1) is 0 Å². The average Bonchev–Trinajstić information content (AvgIpc) is 3.29. The van der Waals surface area contributed by atoms with E-state index in [4.69, 9.17) is 37.9 Å². The van der Waals surface area contributed by atoms with Crippen LogP contribution in [0.25, 0.3) is 0 Å². The lowest BCUT2D eigenvalue weighted by Gasteiger charge is -2.42. The third kappa shape index (κ3) is 20.1. The van der Waals surface area contributed by atoms with Crippen molar-refractivity contribution < 1.29 is 98.2 Å². The number of rotatable bonds is 33. The Morgan fingerprint density at radius 3 is 1.15 bits per heavy atom. The minimum absolute atomic E-state index is 0.236. The van der Waals surface area contributed by atoms with Crippen LogP contribution in [0.5, 0.6) is 0 Å². The Balaban J connectivity index is 1.42. The smallest absolute Gasteiger partial charge is 0.217 e. The van der Waals surface area contributed by atoms with Crippen LogP contribution in [0.15, 0.2) is 0 Å². The molecule has 0 saturated carbocycles. The van der Waals surface area contributed by atoms with Gasteiger partial charge in [-0.3, -0.25) is 14.4 Å². The van der Waals surface area contributed by atoms with E-state index in [0.717, 1.165) is 38.5 Å². The van der Waals surface area contributed by atoms with Crippen molar-refractivity contribution in [2.45, 2.75) is 190 Å². The van der Waals surface area contributed by atoms with Crippen LogP contribution < -0.4 is 16.0 Å². The lowest BCUT2D eigenvalue weighted by atomic mass is 9.90. The molecular formula is C45H83N3O20. The lowest BCUT2D eigenvalue weighted by Crippen LogP contribution is -2.64. The van der Waals surface area contributed by atoms with Crippen molar-refractivity contribution in [3.63, 3.8) is 0 Å². The Kier molecular flexibility index (Phi) is 28.2. The fraction of sp³-hybridized carbons (Fsp3) is 0.933. The number of unbranched alkanes of at least 4 members (excludes halogenated alkanes) is 7. The number of amides is 3. The second-order valence-corrected chi connectivity index (χ2v) is 18.5. The first kappa shape index (κ1) is 60.0. The fourth-order valence-corrected chi connectivity index (χ4v) is 8.43. The van der Waals surface area contributed by atoms with Gasteiger partial charge in [0.05, 0.1) is 51.8 Å². The lowest BCUT2D eigenvalue weighted by molar-refractivity contribution is -0.270. The van der Waals surface area contributed by atoms with E-state index in [-0.39, 0.29) is 19.1 Å². The summed E-state index contributed by atoms with van der Waals surface area (Å²) in [6.45, 7) is 7.32. The molecule has 0 bridgehead atoms. The maximum absolute atomic E-state index is 11.8. The summed E-state index contributed by atoms with van der Waals surface area (Å²) in [5.74, 6) is -1.22. The zero-order chi connectivity index (χ0) is 50.2. The number of carbonyl (C=O) groups is 3. The zero-order valence-corrected chi connectivity index (χ0v) is 40.2. The van der Waals surface area contributed by atoms with Crippen LogP contribution in [0.4, 0.5) is 0 Å². The maximum atomic E-state index is 11.8. The Morgan fingerprint density at radius 2 is 0.765 bits per heavy atom. The van der Waals surface area contributed by atoms with Gasteiger partial charge < -0.3 is 99.8 Å². The normalized spacial score (nSPS) is 32.9. The van der Waals surface area contributed by atoms with Crippen molar-refractivity contribution in [2.24, 2.45) is 5.41 Å². The number of aliphatic hydroxyl groups excluding tert-OH is 9. The largest absolute Gasteiger partial charge is 0.394 e. The summed E-state index contributed by atoms with van der Waals surface area (Å²) < 4.78 is 47.1. The predicted molar refractivity (Wildman–Crippen MR) is 239 cm³/mol. The molecule has 3 amide bonds. The van der Waals surface area contributed by atoms with Gasteiger partial charge in [-0.05, 0) is 51.4 Å². The number of aliphatic hydroxyl groups is 9. The molecule has 0 aliphatic carbocycles. The van der Waals surface area contributed by atoms with Gasteiger partial charge in [0.2, 0.25) is 17.7 Å².